The van der Waals surface area contributed by atoms with Crippen molar-refractivity contribution in [3.8, 4) is 5.75 Å². The zero-order valence-corrected chi connectivity index (χ0v) is 16.7. The number of amides is 2. The molecule has 0 spiro atoms. The molecule has 154 valence electrons. The highest BCUT2D eigenvalue weighted by atomic mass is 16.5. The molecule has 8 heteroatoms. The Hall–Kier alpha value is -3.81. The molecule has 3 aromatic rings. The van der Waals surface area contributed by atoms with E-state index in [-0.39, 0.29) is 17.4 Å². The minimum atomic E-state index is -0.434. The van der Waals surface area contributed by atoms with E-state index < -0.39 is 5.91 Å². The zero-order chi connectivity index (χ0) is 21.1. The van der Waals surface area contributed by atoms with Gasteiger partial charge in [0.05, 0.1) is 19.1 Å². The highest BCUT2D eigenvalue weighted by molar-refractivity contribution is 6.09. The van der Waals surface area contributed by atoms with Crippen LogP contribution in [0.15, 0.2) is 56.6 Å². The number of ether oxygens (including phenoxy) is 1. The van der Waals surface area contributed by atoms with Crippen LogP contribution in [0, 0.1) is 6.92 Å². The first-order chi connectivity index (χ1) is 14.6. The van der Waals surface area contributed by atoms with E-state index in [2.05, 4.69) is 15.8 Å². The standard InChI is InChI=1S/C22H21N3O5/c1-13-19-16(24-25-21(26)18-10-5-11-29-18)8-4-9-17(19)30-20(13)22(27)23-14-6-3-7-15(12-14)28-2/h3,5-7,10-12H,4,8-9H2,1-2H3,(H,23,27)(H,25,26)/b24-16+. The van der Waals surface area contributed by atoms with Gasteiger partial charge in [0.2, 0.25) is 0 Å². The predicted octanol–water partition coefficient (Wildman–Crippen LogP) is 3.91. The molecular weight excluding hydrogens is 386 g/mol. The van der Waals surface area contributed by atoms with Crippen LogP contribution in [0.5, 0.6) is 5.75 Å². The molecule has 2 N–H and O–H groups in total. The lowest BCUT2D eigenvalue weighted by Crippen LogP contribution is -2.21. The van der Waals surface area contributed by atoms with E-state index in [0.29, 0.717) is 41.3 Å². The third-order valence-electron chi connectivity index (χ3n) is 4.90. The number of nitrogens with one attached hydrogen (secondary N) is 2. The average Bonchev–Trinajstić information content (AvgIpc) is 3.41. The summed E-state index contributed by atoms with van der Waals surface area (Å²) in [5.41, 5.74) is 5.26. The lowest BCUT2D eigenvalue weighted by Gasteiger charge is -2.13. The maximum atomic E-state index is 12.8. The van der Waals surface area contributed by atoms with Crippen LogP contribution in [0.25, 0.3) is 0 Å². The Morgan fingerprint density at radius 3 is 2.77 bits per heavy atom. The number of hydrogen-bond acceptors (Lipinski definition) is 6. The van der Waals surface area contributed by atoms with Crippen molar-refractivity contribution < 1.29 is 23.2 Å². The number of nitrogens with zero attached hydrogens (tertiary/aromatic N) is 1. The number of fused-ring (bicyclic) bond motifs is 1. The number of furan rings is 2. The second-order valence-electron chi connectivity index (χ2n) is 6.87. The SMILES string of the molecule is COc1cccc(NC(=O)c2oc3c(c2C)/C(=N/NC(=O)c2ccco2)CCC3)c1. The Bertz CT molecular complexity index is 1110. The van der Waals surface area contributed by atoms with Gasteiger partial charge in [-0.1, -0.05) is 6.07 Å². The fourth-order valence-electron chi connectivity index (χ4n) is 3.47. The molecule has 8 nitrogen and oxygen atoms in total. The first-order valence-corrected chi connectivity index (χ1v) is 9.55. The molecule has 1 aliphatic rings. The quantitative estimate of drug-likeness (QED) is 0.624. The van der Waals surface area contributed by atoms with Gasteiger partial charge in [0.15, 0.2) is 11.5 Å². The van der Waals surface area contributed by atoms with Crippen LogP contribution < -0.4 is 15.5 Å². The fraction of sp³-hybridized carbons (Fsp3) is 0.227. The number of hydrazone groups is 1. The zero-order valence-electron chi connectivity index (χ0n) is 16.7. The summed E-state index contributed by atoms with van der Waals surface area (Å²) >= 11 is 0. The van der Waals surface area contributed by atoms with Crippen molar-refractivity contribution in [3.05, 3.63) is 71.1 Å². The van der Waals surface area contributed by atoms with Crippen molar-refractivity contribution in [1.29, 1.82) is 0 Å². The molecule has 0 saturated heterocycles. The van der Waals surface area contributed by atoms with E-state index in [9.17, 15) is 9.59 Å². The summed E-state index contributed by atoms with van der Waals surface area (Å²) in [5.74, 6) is 0.962. The molecule has 1 aliphatic carbocycles. The second-order valence-corrected chi connectivity index (χ2v) is 6.87. The van der Waals surface area contributed by atoms with Gasteiger partial charge in [-0.3, -0.25) is 9.59 Å². The molecule has 0 saturated carbocycles. The lowest BCUT2D eigenvalue weighted by atomic mass is 9.93. The van der Waals surface area contributed by atoms with Crippen molar-refractivity contribution in [1.82, 2.24) is 5.43 Å². The van der Waals surface area contributed by atoms with Crippen molar-refractivity contribution >= 4 is 23.2 Å². The van der Waals surface area contributed by atoms with Gasteiger partial charge in [-0.25, -0.2) is 5.43 Å². The second kappa shape index (κ2) is 8.28. The summed E-state index contributed by atoms with van der Waals surface area (Å²) in [6.45, 7) is 1.82. The minimum absolute atomic E-state index is 0.178. The largest absolute Gasteiger partial charge is 0.497 e. The van der Waals surface area contributed by atoms with Crippen molar-refractivity contribution in [2.75, 3.05) is 12.4 Å². The van der Waals surface area contributed by atoms with Gasteiger partial charge >= 0.3 is 5.91 Å². The van der Waals surface area contributed by atoms with Crippen LogP contribution in [-0.4, -0.2) is 24.6 Å². The van der Waals surface area contributed by atoms with Crippen LogP contribution in [-0.2, 0) is 6.42 Å². The molecule has 0 unspecified atom stereocenters. The average molecular weight is 407 g/mol. The van der Waals surface area contributed by atoms with E-state index in [1.807, 2.05) is 6.92 Å². The van der Waals surface area contributed by atoms with Crippen LogP contribution in [0.4, 0.5) is 5.69 Å². The number of carbonyl (C=O) groups excluding carboxylic acids is 2. The summed E-state index contributed by atoms with van der Waals surface area (Å²) in [4.78, 5) is 24.9. The topological polar surface area (TPSA) is 106 Å². The van der Waals surface area contributed by atoms with Crippen LogP contribution in [0.3, 0.4) is 0 Å². The summed E-state index contributed by atoms with van der Waals surface area (Å²) in [7, 11) is 1.57. The number of hydrogen-bond donors (Lipinski definition) is 2. The number of methoxy groups -OCH3 is 1. The lowest BCUT2D eigenvalue weighted by molar-refractivity contribution is 0.0926. The molecule has 0 radical (unpaired) electrons. The van der Waals surface area contributed by atoms with Gasteiger partial charge in [-0.05, 0) is 44.0 Å². The van der Waals surface area contributed by atoms with Gasteiger partial charge in [-0.2, -0.15) is 5.10 Å². The number of anilines is 1. The molecule has 30 heavy (non-hydrogen) atoms. The molecule has 1 aromatic carbocycles. The Morgan fingerprint density at radius 2 is 2.00 bits per heavy atom. The smallest absolute Gasteiger partial charge is 0.307 e. The van der Waals surface area contributed by atoms with Gasteiger partial charge in [0, 0.05) is 29.3 Å². The van der Waals surface area contributed by atoms with E-state index >= 15 is 0 Å². The number of benzene rings is 1. The highest BCUT2D eigenvalue weighted by Crippen LogP contribution is 2.30. The van der Waals surface area contributed by atoms with Crippen LogP contribution >= 0.6 is 0 Å². The third kappa shape index (κ3) is 3.84. The molecular formula is C22H21N3O5. The van der Waals surface area contributed by atoms with Crippen molar-refractivity contribution in [2.24, 2.45) is 5.10 Å². The molecule has 0 aliphatic heterocycles. The maximum Gasteiger partial charge on any atom is 0.307 e. The van der Waals surface area contributed by atoms with Gasteiger partial charge in [0.25, 0.3) is 5.91 Å². The minimum Gasteiger partial charge on any atom is -0.497 e. The monoisotopic (exact) mass is 407 g/mol. The molecule has 0 bridgehead atoms. The fourth-order valence-corrected chi connectivity index (χ4v) is 3.47. The van der Waals surface area contributed by atoms with E-state index in [1.165, 1.54) is 6.26 Å². The van der Waals surface area contributed by atoms with Crippen LogP contribution in [0.2, 0.25) is 0 Å². The summed E-state index contributed by atoms with van der Waals surface area (Å²) in [6.07, 6.45) is 3.61. The van der Waals surface area contributed by atoms with Crippen molar-refractivity contribution in [2.45, 2.75) is 26.2 Å². The Labute approximate surface area is 172 Å². The molecule has 0 atom stereocenters. The van der Waals surface area contributed by atoms with Crippen LogP contribution in [0.1, 0.15) is 50.8 Å². The van der Waals surface area contributed by atoms with E-state index in [1.54, 1.807) is 43.5 Å². The van der Waals surface area contributed by atoms with Crippen molar-refractivity contribution in [3.63, 3.8) is 0 Å². The number of rotatable bonds is 5. The third-order valence-corrected chi connectivity index (χ3v) is 4.90. The highest BCUT2D eigenvalue weighted by Gasteiger charge is 2.28. The first-order valence-electron chi connectivity index (χ1n) is 9.55. The molecule has 0 fully saturated rings. The maximum absolute atomic E-state index is 12.8. The Kier molecular flexibility index (Phi) is 5.38. The van der Waals surface area contributed by atoms with Gasteiger partial charge in [0.1, 0.15) is 11.5 Å². The number of aryl methyl sites for hydroxylation is 1. The molecule has 2 amide bonds. The number of carbonyl (C=O) groups is 2. The molecule has 2 heterocycles. The first kappa shape index (κ1) is 19.5. The predicted molar refractivity (Wildman–Crippen MR) is 110 cm³/mol. The van der Waals surface area contributed by atoms with E-state index in [4.69, 9.17) is 13.6 Å². The Balaban J connectivity index is 1.57. The summed E-state index contributed by atoms with van der Waals surface area (Å²) in [5, 5.41) is 7.10. The molecule has 2 aromatic heterocycles. The Morgan fingerprint density at radius 1 is 1.13 bits per heavy atom. The van der Waals surface area contributed by atoms with E-state index in [0.717, 1.165) is 12.0 Å². The summed E-state index contributed by atoms with van der Waals surface area (Å²) < 4.78 is 16.1. The normalized spacial score (nSPS) is 14.3. The molecule has 4 rings (SSSR count). The van der Waals surface area contributed by atoms with Gasteiger partial charge < -0.3 is 18.9 Å². The van der Waals surface area contributed by atoms with Gasteiger partial charge in [-0.15, -0.1) is 0 Å². The summed E-state index contributed by atoms with van der Waals surface area (Å²) in [6, 6.07) is 10.3.